The molecule has 1 aliphatic heterocycles. The van der Waals surface area contributed by atoms with E-state index in [1.54, 1.807) is 23.1 Å². The molecule has 1 aromatic heterocycles. The number of nitrogens with one attached hydrogen (secondary N) is 1. The van der Waals surface area contributed by atoms with Gasteiger partial charge in [-0.3, -0.25) is 9.59 Å². The molecule has 1 aliphatic rings. The lowest BCUT2D eigenvalue weighted by molar-refractivity contribution is -0.117. The third-order valence-corrected chi connectivity index (χ3v) is 8.40. The summed E-state index contributed by atoms with van der Waals surface area (Å²) in [5.74, 6) is -0.830. The molecule has 0 spiro atoms. The summed E-state index contributed by atoms with van der Waals surface area (Å²) < 4.78 is 24.7. The maximum Gasteiger partial charge on any atom is 0.227 e. The molecule has 3 aromatic rings. The van der Waals surface area contributed by atoms with Crippen LogP contribution in [0.2, 0.25) is 0 Å². The Labute approximate surface area is 196 Å². The summed E-state index contributed by atoms with van der Waals surface area (Å²) in [6.45, 7) is 4.54. The Morgan fingerprint density at radius 2 is 1.88 bits per heavy atom. The minimum atomic E-state index is -3.54. The van der Waals surface area contributed by atoms with Crippen molar-refractivity contribution < 1.29 is 18.0 Å². The second-order valence-corrected chi connectivity index (χ2v) is 11.2. The molecule has 0 bridgehead atoms. The molecule has 0 aliphatic carbocycles. The van der Waals surface area contributed by atoms with Crippen LogP contribution in [0.1, 0.15) is 34.9 Å². The molecule has 1 N–H and O–H groups in total. The van der Waals surface area contributed by atoms with Gasteiger partial charge in [0.15, 0.2) is 9.84 Å². The van der Waals surface area contributed by atoms with Crippen LogP contribution in [0.5, 0.6) is 0 Å². The number of nitrogens with zero attached hydrogens (tertiary/aromatic N) is 3. The highest BCUT2D eigenvalue weighted by atomic mass is 32.2. The summed E-state index contributed by atoms with van der Waals surface area (Å²) in [6, 6.07) is 14.0. The van der Waals surface area contributed by atoms with Crippen LogP contribution in [0, 0.1) is 13.8 Å². The van der Waals surface area contributed by atoms with E-state index in [4.69, 9.17) is 0 Å². The Hall–Kier alpha value is -3.11. The van der Waals surface area contributed by atoms with Gasteiger partial charge in [0.05, 0.1) is 10.6 Å². The van der Waals surface area contributed by atoms with Crippen molar-refractivity contribution in [1.29, 1.82) is 0 Å². The summed E-state index contributed by atoms with van der Waals surface area (Å²) in [6.07, 6.45) is 0.138. The van der Waals surface area contributed by atoms with Gasteiger partial charge in [0, 0.05) is 31.0 Å². The fraction of sp³-hybridized carbons (Fsp3) is 0.304. The minimum Gasteiger partial charge on any atom is -0.312 e. The van der Waals surface area contributed by atoms with Gasteiger partial charge in [-0.25, -0.2) is 8.42 Å². The zero-order chi connectivity index (χ0) is 23.6. The van der Waals surface area contributed by atoms with E-state index >= 15 is 0 Å². The van der Waals surface area contributed by atoms with Crippen LogP contribution in [-0.2, 0) is 19.4 Å². The lowest BCUT2D eigenvalue weighted by Gasteiger charge is -2.17. The lowest BCUT2D eigenvalue weighted by atomic mass is 10.1. The molecular weight excluding hydrogens is 460 g/mol. The van der Waals surface area contributed by atoms with Crippen molar-refractivity contribution in [2.45, 2.75) is 37.5 Å². The van der Waals surface area contributed by atoms with E-state index in [0.717, 1.165) is 11.3 Å². The number of hydrogen-bond acceptors (Lipinski definition) is 7. The predicted molar refractivity (Wildman–Crippen MR) is 127 cm³/mol. The largest absolute Gasteiger partial charge is 0.312 e. The average Bonchev–Trinajstić information content (AvgIpc) is 3.41. The Morgan fingerprint density at radius 3 is 2.61 bits per heavy atom. The predicted octanol–water partition coefficient (Wildman–Crippen LogP) is 3.48. The SMILES string of the molecule is Cc1ccc(N2CC(c3nnc(NC(=O)CCS(=O)(=O)c4ccccc4)s3)CC2=O)cc1C. The summed E-state index contributed by atoms with van der Waals surface area (Å²) >= 11 is 1.21. The molecule has 1 saturated heterocycles. The molecule has 172 valence electrons. The van der Waals surface area contributed by atoms with Gasteiger partial charge >= 0.3 is 0 Å². The van der Waals surface area contributed by atoms with Crippen molar-refractivity contribution in [2.24, 2.45) is 0 Å². The van der Waals surface area contributed by atoms with Crippen molar-refractivity contribution in [1.82, 2.24) is 10.2 Å². The fourth-order valence-corrected chi connectivity index (χ4v) is 5.73. The lowest BCUT2D eigenvalue weighted by Crippen LogP contribution is -2.24. The van der Waals surface area contributed by atoms with Crippen LogP contribution >= 0.6 is 11.3 Å². The van der Waals surface area contributed by atoms with Crippen LogP contribution in [0.15, 0.2) is 53.4 Å². The van der Waals surface area contributed by atoms with Gasteiger partial charge in [-0.1, -0.05) is 35.6 Å². The second-order valence-electron chi connectivity index (χ2n) is 8.05. The van der Waals surface area contributed by atoms with E-state index < -0.39 is 15.7 Å². The van der Waals surface area contributed by atoms with Crippen molar-refractivity contribution in [3.8, 4) is 0 Å². The fourth-order valence-electron chi connectivity index (χ4n) is 3.62. The van der Waals surface area contributed by atoms with Crippen LogP contribution < -0.4 is 10.2 Å². The summed E-state index contributed by atoms with van der Waals surface area (Å²) in [4.78, 5) is 26.8. The molecule has 8 nitrogen and oxygen atoms in total. The van der Waals surface area contributed by atoms with Crippen molar-refractivity contribution in [3.05, 3.63) is 64.7 Å². The van der Waals surface area contributed by atoms with Gasteiger partial charge in [-0.05, 0) is 49.2 Å². The average molecular weight is 485 g/mol. The van der Waals surface area contributed by atoms with Crippen LogP contribution in [-0.4, -0.2) is 42.7 Å². The zero-order valence-corrected chi connectivity index (χ0v) is 19.9. The van der Waals surface area contributed by atoms with Gasteiger partial charge in [0.25, 0.3) is 0 Å². The zero-order valence-electron chi connectivity index (χ0n) is 18.3. The molecule has 2 amide bonds. The minimum absolute atomic E-state index is 0.0233. The summed E-state index contributed by atoms with van der Waals surface area (Å²) in [7, 11) is -3.54. The maximum absolute atomic E-state index is 12.6. The van der Waals surface area contributed by atoms with E-state index in [1.807, 2.05) is 32.0 Å². The van der Waals surface area contributed by atoms with E-state index in [9.17, 15) is 18.0 Å². The molecule has 4 rings (SSSR count). The van der Waals surface area contributed by atoms with E-state index in [-0.39, 0.29) is 28.9 Å². The first kappa shape index (κ1) is 23.1. The van der Waals surface area contributed by atoms with E-state index in [1.165, 1.54) is 29.0 Å². The smallest absolute Gasteiger partial charge is 0.227 e. The number of sulfone groups is 1. The number of hydrogen-bond donors (Lipinski definition) is 1. The van der Waals surface area contributed by atoms with Crippen LogP contribution in [0.25, 0.3) is 0 Å². The molecular formula is C23H24N4O4S2. The first-order valence-corrected chi connectivity index (χ1v) is 13.0. The van der Waals surface area contributed by atoms with Gasteiger partial charge in [-0.15, -0.1) is 10.2 Å². The highest BCUT2D eigenvalue weighted by Crippen LogP contribution is 2.34. The van der Waals surface area contributed by atoms with Crippen LogP contribution in [0.4, 0.5) is 10.8 Å². The standard InChI is InChI=1S/C23H24N4O4S2/c1-15-8-9-18(12-16(15)2)27-14-17(13-21(27)29)22-25-26-23(32-22)24-20(28)10-11-33(30,31)19-6-4-3-5-7-19/h3-9,12,17H,10-11,13-14H2,1-2H3,(H,24,26,28). The van der Waals surface area contributed by atoms with Gasteiger partial charge in [-0.2, -0.15) is 0 Å². The number of aromatic nitrogens is 2. The van der Waals surface area contributed by atoms with Gasteiger partial charge in [0.1, 0.15) is 5.01 Å². The third kappa shape index (κ3) is 5.28. The quantitative estimate of drug-likeness (QED) is 0.550. The molecule has 1 atom stereocenters. The third-order valence-electron chi connectivity index (χ3n) is 5.66. The number of benzene rings is 2. The Balaban J connectivity index is 1.35. The second kappa shape index (κ2) is 9.40. The monoisotopic (exact) mass is 484 g/mol. The molecule has 1 fully saturated rings. The first-order valence-electron chi connectivity index (χ1n) is 10.5. The summed E-state index contributed by atoms with van der Waals surface area (Å²) in [5, 5.41) is 11.8. The van der Waals surface area contributed by atoms with Gasteiger partial charge in [0.2, 0.25) is 16.9 Å². The van der Waals surface area contributed by atoms with E-state index in [2.05, 4.69) is 15.5 Å². The van der Waals surface area contributed by atoms with Crippen molar-refractivity contribution in [3.63, 3.8) is 0 Å². The number of carbonyl (C=O) groups is 2. The number of anilines is 2. The molecule has 0 radical (unpaired) electrons. The van der Waals surface area contributed by atoms with E-state index in [0.29, 0.717) is 23.1 Å². The topological polar surface area (TPSA) is 109 Å². The molecule has 0 saturated carbocycles. The highest BCUT2D eigenvalue weighted by molar-refractivity contribution is 7.91. The number of rotatable bonds is 7. The molecule has 2 aromatic carbocycles. The highest BCUT2D eigenvalue weighted by Gasteiger charge is 2.34. The molecule has 1 unspecified atom stereocenters. The number of carbonyl (C=O) groups excluding carboxylic acids is 2. The van der Waals surface area contributed by atoms with Crippen molar-refractivity contribution in [2.75, 3.05) is 22.5 Å². The Morgan fingerprint density at radius 1 is 1.12 bits per heavy atom. The van der Waals surface area contributed by atoms with Crippen LogP contribution in [0.3, 0.4) is 0 Å². The Bertz CT molecular complexity index is 1290. The number of aryl methyl sites for hydroxylation is 2. The molecule has 10 heteroatoms. The summed E-state index contributed by atoms with van der Waals surface area (Å²) in [5.41, 5.74) is 3.16. The maximum atomic E-state index is 12.6. The molecule has 33 heavy (non-hydrogen) atoms. The van der Waals surface area contributed by atoms with Gasteiger partial charge < -0.3 is 10.2 Å². The number of amides is 2. The first-order chi connectivity index (χ1) is 15.7. The van der Waals surface area contributed by atoms with Crippen molar-refractivity contribution >= 4 is 43.8 Å². The Kier molecular flexibility index (Phi) is 6.57. The normalized spacial score (nSPS) is 16.2. The molecule has 2 heterocycles.